The lowest BCUT2D eigenvalue weighted by molar-refractivity contribution is 0.587. The summed E-state index contributed by atoms with van der Waals surface area (Å²) in [6.45, 7) is 0.261. The third kappa shape index (κ3) is 3.00. The molecule has 1 aromatic rings. The average molecular weight is 263 g/mol. The highest BCUT2D eigenvalue weighted by Gasteiger charge is 2.21. The second-order valence-corrected chi connectivity index (χ2v) is 5.71. The van der Waals surface area contributed by atoms with Crippen molar-refractivity contribution in [3.05, 3.63) is 65.1 Å². The maximum absolute atomic E-state index is 12.1. The molecule has 1 aliphatic carbocycles. The quantitative estimate of drug-likeness (QED) is 0.863. The second-order valence-electron chi connectivity index (χ2n) is 3.97. The van der Waals surface area contributed by atoms with Crippen LogP contribution in [0.2, 0.25) is 0 Å². The van der Waals surface area contributed by atoms with E-state index in [1.165, 1.54) is 0 Å². The topological polar surface area (TPSA) is 72.2 Å². The molecule has 0 amide bonds. The second kappa shape index (κ2) is 5.37. The van der Waals surface area contributed by atoms with Gasteiger partial charge < -0.3 is 5.73 Å². The van der Waals surface area contributed by atoms with Crippen LogP contribution in [0.3, 0.4) is 0 Å². The molecule has 95 valence electrons. The van der Waals surface area contributed by atoms with Gasteiger partial charge in [-0.05, 0) is 18.1 Å². The van der Waals surface area contributed by atoms with Gasteiger partial charge in [0.2, 0.25) is 10.0 Å². The third-order valence-corrected chi connectivity index (χ3v) is 4.13. The Balaban J connectivity index is 2.11. The molecule has 1 aliphatic rings. The number of nitrogens with one attached hydrogen (secondary N) is 1. The monoisotopic (exact) mass is 263 g/mol. The summed E-state index contributed by atoms with van der Waals surface area (Å²) in [6.07, 6.45) is 5.65. The number of allylic oxidation sites excluding steroid dienone is 3. The maximum atomic E-state index is 12.1. The normalized spacial score (nSPS) is 16.0. The van der Waals surface area contributed by atoms with Crippen LogP contribution < -0.4 is 10.5 Å². The standard InChI is InChI=1S/C13H15N2O2S/c14-12-8-4-5-9-13(12)18(16,17)15-10-11-6-2-1-3-7-11/h1-4,6-9,15H,5,10,14H2. The Kier molecular flexibility index (Phi) is 3.84. The van der Waals surface area contributed by atoms with Crippen LogP contribution in [0.15, 0.2) is 53.1 Å². The van der Waals surface area contributed by atoms with E-state index in [4.69, 9.17) is 5.73 Å². The van der Waals surface area contributed by atoms with Crippen molar-refractivity contribution in [3.8, 4) is 0 Å². The molecule has 0 aromatic heterocycles. The Hall–Kier alpha value is -1.59. The van der Waals surface area contributed by atoms with Crippen LogP contribution in [0.1, 0.15) is 12.0 Å². The molecule has 1 radical (unpaired) electrons. The van der Waals surface area contributed by atoms with E-state index < -0.39 is 10.0 Å². The molecule has 3 N–H and O–H groups in total. The molecule has 0 bridgehead atoms. The van der Waals surface area contributed by atoms with Gasteiger partial charge in [0.05, 0.1) is 4.91 Å². The molecular formula is C13H15N2O2S. The Morgan fingerprint density at radius 1 is 1.22 bits per heavy atom. The van der Waals surface area contributed by atoms with Crippen molar-refractivity contribution >= 4 is 10.0 Å². The maximum Gasteiger partial charge on any atom is 0.239 e. The number of hydrogen-bond donors (Lipinski definition) is 2. The van der Waals surface area contributed by atoms with E-state index in [1.54, 1.807) is 12.5 Å². The molecule has 5 heteroatoms. The molecule has 0 saturated carbocycles. The molecule has 2 rings (SSSR count). The summed E-state index contributed by atoms with van der Waals surface area (Å²) >= 11 is 0. The Morgan fingerprint density at radius 2 is 1.94 bits per heavy atom. The lowest BCUT2D eigenvalue weighted by Gasteiger charge is -2.14. The third-order valence-electron chi connectivity index (χ3n) is 2.62. The summed E-state index contributed by atoms with van der Waals surface area (Å²) in [7, 11) is -3.53. The summed E-state index contributed by atoms with van der Waals surface area (Å²) in [4.78, 5) is 0.168. The fourth-order valence-corrected chi connectivity index (χ4v) is 2.89. The Morgan fingerprint density at radius 3 is 2.61 bits per heavy atom. The fraction of sp³-hybridized carbons (Fsp3) is 0.154. The number of hydrogen-bond acceptors (Lipinski definition) is 3. The predicted molar refractivity (Wildman–Crippen MR) is 71.5 cm³/mol. The van der Waals surface area contributed by atoms with Gasteiger partial charge in [0.1, 0.15) is 0 Å². The van der Waals surface area contributed by atoms with Gasteiger partial charge in [-0.2, -0.15) is 0 Å². The van der Waals surface area contributed by atoms with Gasteiger partial charge >= 0.3 is 0 Å². The predicted octanol–water partition coefficient (Wildman–Crippen LogP) is 1.44. The van der Waals surface area contributed by atoms with E-state index in [9.17, 15) is 8.42 Å². The van der Waals surface area contributed by atoms with Crippen LogP contribution in [-0.2, 0) is 16.6 Å². The lowest BCUT2D eigenvalue weighted by atomic mass is 10.1. The number of benzene rings is 1. The first-order chi connectivity index (χ1) is 8.59. The van der Waals surface area contributed by atoms with Crippen molar-refractivity contribution < 1.29 is 8.42 Å². The molecule has 0 heterocycles. The van der Waals surface area contributed by atoms with E-state index in [-0.39, 0.29) is 17.1 Å². The molecule has 4 nitrogen and oxygen atoms in total. The molecule has 0 aliphatic heterocycles. The zero-order chi connectivity index (χ0) is 13.0. The van der Waals surface area contributed by atoms with Crippen LogP contribution in [0, 0.1) is 6.42 Å². The first kappa shape index (κ1) is 12.9. The van der Waals surface area contributed by atoms with Crippen molar-refractivity contribution in [2.75, 3.05) is 0 Å². The minimum Gasteiger partial charge on any atom is -0.398 e. The molecule has 0 fully saturated rings. The van der Waals surface area contributed by atoms with Crippen LogP contribution in [0.4, 0.5) is 0 Å². The minimum atomic E-state index is -3.53. The van der Waals surface area contributed by atoms with Gasteiger partial charge in [-0.25, -0.2) is 13.1 Å². The number of nitrogens with two attached hydrogens (primary N) is 1. The van der Waals surface area contributed by atoms with Gasteiger partial charge in [-0.3, -0.25) is 0 Å². The molecule has 0 spiro atoms. The molecule has 0 atom stereocenters. The summed E-state index contributed by atoms with van der Waals surface area (Å²) in [5, 5.41) is 0. The van der Waals surface area contributed by atoms with Crippen molar-refractivity contribution in [1.82, 2.24) is 4.72 Å². The SMILES string of the molecule is NC1=C(S(=O)(=O)NCc2ccccc2)[CH]CC=C1. The number of sulfonamides is 1. The Bertz CT molecular complexity index is 574. The average Bonchev–Trinajstić information content (AvgIpc) is 2.38. The van der Waals surface area contributed by atoms with Gasteiger partial charge in [0.25, 0.3) is 0 Å². The molecule has 0 saturated heterocycles. The van der Waals surface area contributed by atoms with Crippen LogP contribution >= 0.6 is 0 Å². The van der Waals surface area contributed by atoms with Crippen molar-refractivity contribution in [2.45, 2.75) is 13.0 Å². The van der Waals surface area contributed by atoms with E-state index >= 15 is 0 Å². The van der Waals surface area contributed by atoms with E-state index in [0.29, 0.717) is 6.42 Å². The first-order valence-corrected chi connectivity index (χ1v) is 7.11. The fourth-order valence-electron chi connectivity index (χ4n) is 1.69. The lowest BCUT2D eigenvalue weighted by Crippen LogP contribution is -2.27. The minimum absolute atomic E-state index is 0.168. The summed E-state index contributed by atoms with van der Waals surface area (Å²) in [5.74, 6) is 0. The van der Waals surface area contributed by atoms with Gasteiger partial charge in [-0.1, -0.05) is 36.4 Å². The van der Waals surface area contributed by atoms with Crippen molar-refractivity contribution in [3.63, 3.8) is 0 Å². The highest BCUT2D eigenvalue weighted by atomic mass is 32.2. The van der Waals surface area contributed by atoms with E-state index in [2.05, 4.69) is 4.72 Å². The van der Waals surface area contributed by atoms with Crippen LogP contribution in [0.25, 0.3) is 0 Å². The summed E-state index contributed by atoms with van der Waals surface area (Å²) in [6, 6.07) is 9.35. The highest BCUT2D eigenvalue weighted by molar-refractivity contribution is 7.93. The zero-order valence-electron chi connectivity index (χ0n) is 9.84. The zero-order valence-corrected chi connectivity index (χ0v) is 10.7. The highest BCUT2D eigenvalue weighted by Crippen LogP contribution is 2.19. The van der Waals surface area contributed by atoms with Crippen molar-refractivity contribution in [1.29, 1.82) is 0 Å². The summed E-state index contributed by atoms with van der Waals surface area (Å²) in [5.41, 5.74) is 6.86. The van der Waals surface area contributed by atoms with Gasteiger partial charge in [0.15, 0.2) is 0 Å². The van der Waals surface area contributed by atoms with Gasteiger partial charge in [-0.15, -0.1) is 0 Å². The van der Waals surface area contributed by atoms with Gasteiger partial charge in [0, 0.05) is 18.7 Å². The molecular weight excluding hydrogens is 248 g/mol. The smallest absolute Gasteiger partial charge is 0.239 e. The van der Waals surface area contributed by atoms with Crippen molar-refractivity contribution in [2.24, 2.45) is 5.73 Å². The van der Waals surface area contributed by atoms with E-state index in [0.717, 1.165) is 5.56 Å². The van der Waals surface area contributed by atoms with Crippen LogP contribution in [-0.4, -0.2) is 8.42 Å². The summed E-state index contributed by atoms with van der Waals surface area (Å²) < 4.78 is 26.7. The first-order valence-electron chi connectivity index (χ1n) is 5.63. The Labute approximate surface area is 107 Å². The molecule has 0 unspecified atom stereocenters. The molecule has 18 heavy (non-hydrogen) atoms. The number of rotatable bonds is 4. The van der Waals surface area contributed by atoms with Crippen LogP contribution in [0.5, 0.6) is 0 Å². The largest absolute Gasteiger partial charge is 0.398 e. The van der Waals surface area contributed by atoms with E-state index in [1.807, 2.05) is 36.4 Å². The molecule has 1 aromatic carbocycles.